The number of hydrogen-bond acceptors (Lipinski definition) is 5. The van der Waals surface area contributed by atoms with Crippen molar-refractivity contribution in [1.29, 1.82) is 0 Å². The van der Waals surface area contributed by atoms with Gasteiger partial charge in [-0.2, -0.15) is 5.10 Å². The second-order valence-corrected chi connectivity index (χ2v) is 7.54. The standard InChI is InChI=1S/C25H24N4O4/c1-16-12-21(17(2)33-16)24(30)26-27-25(31)22-15-29(14-18-8-5-4-6-9-18)28-23(22)19-10-7-11-20(13-19)32-3/h4-13,15H,14H2,1-3H3,(H,26,30)(H,27,31). The fourth-order valence-electron chi connectivity index (χ4n) is 3.53. The van der Waals surface area contributed by atoms with Gasteiger partial charge in [0.05, 0.1) is 24.8 Å². The van der Waals surface area contributed by atoms with Crippen molar-refractivity contribution in [3.63, 3.8) is 0 Å². The molecule has 168 valence electrons. The molecule has 0 spiro atoms. The van der Waals surface area contributed by atoms with Crippen LogP contribution in [0.25, 0.3) is 11.3 Å². The Morgan fingerprint density at radius 2 is 1.70 bits per heavy atom. The maximum absolute atomic E-state index is 13.1. The van der Waals surface area contributed by atoms with Gasteiger partial charge in [-0.3, -0.25) is 25.1 Å². The molecule has 0 aliphatic heterocycles. The molecule has 0 aliphatic rings. The van der Waals surface area contributed by atoms with Crippen LogP contribution in [0.3, 0.4) is 0 Å². The first-order chi connectivity index (χ1) is 15.9. The topological polar surface area (TPSA) is 98.4 Å². The molecular weight excluding hydrogens is 420 g/mol. The third-order valence-corrected chi connectivity index (χ3v) is 5.11. The molecule has 0 saturated heterocycles. The number of aryl methyl sites for hydroxylation is 2. The summed E-state index contributed by atoms with van der Waals surface area (Å²) in [5.74, 6) is 0.796. The van der Waals surface area contributed by atoms with E-state index in [9.17, 15) is 9.59 Å². The van der Waals surface area contributed by atoms with Crippen LogP contribution in [0.2, 0.25) is 0 Å². The summed E-state index contributed by atoms with van der Waals surface area (Å²) in [5, 5.41) is 4.65. The summed E-state index contributed by atoms with van der Waals surface area (Å²) < 4.78 is 12.4. The number of hydrazine groups is 1. The number of carbonyl (C=O) groups excluding carboxylic acids is 2. The first-order valence-electron chi connectivity index (χ1n) is 10.4. The van der Waals surface area contributed by atoms with E-state index < -0.39 is 11.8 Å². The Hall–Kier alpha value is -4.33. The predicted molar refractivity (Wildman–Crippen MR) is 123 cm³/mol. The Bertz CT molecular complexity index is 1290. The van der Waals surface area contributed by atoms with Gasteiger partial charge in [0.15, 0.2) is 0 Å². The molecule has 0 aliphatic carbocycles. The number of methoxy groups -OCH3 is 1. The van der Waals surface area contributed by atoms with Gasteiger partial charge in [-0.1, -0.05) is 42.5 Å². The van der Waals surface area contributed by atoms with E-state index in [1.54, 1.807) is 37.9 Å². The molecule has 0 bridgehead atoms. The summed E-state index contributed by atoms with van der Waals surface area (Å²) >= 11 is 0. The van der Waals surface area contributed by atoms with Crippen LogP contribution in [0.1, 0.15) is 37.8 Å². The highest BCUT2D eigenvalue weighted by atomic mass is 16.5. The molecule has 0 radical (unpaired) electrons. The van der Waals surface area contributed by atoms with E-state index in [0.717, 1.165) is 11.1 Å². The number of nitrogens with one attached hydrogen (secondary N) is 2. The lowest BCUT2D eigenvalue weighted by Crippen LogP contribution is -2.41. The number of rotatable bonds is 6. The quantitative estimate of drug-likeness (QED) is 0.440. The number of aromatic nitrogens is 2. The molecule has 4 aromatic rings. The Kier molecular flexibility index (Phi) is 6.26. The molecule has 2 aromatic heterocycles. The first-order valence-corrected chi connectivity index (χ1v) is 10.4. The molecule has 2 amide bonds. The van der Waals surface area contributed by atoms with Gasteiger partial charge in [-0.05, 0) is 37.6 Å². The van der Waals surface area contributed by atoms with Crippen molar-refractivity contribution in [3.8, 4) is 17.0 Å². The lowest BCUT2D eigenvalue weighted by Gasteiger charge is -2.07. The maximum atomic E-state index is 13.1. The molecule has 8 nitrogen and oxygen atoms in total. The predicted octanol–water partition coefficient (Wildman–Crippen LogP) is 3.89. The van der Waals surface area contributed by atoms with E-state index in [4.69, 9.17) is 9.15 Å². The smallest absolute Gasteiger partial charge is 0.273 e. The van der Waals surface area contributed by atoms with Gasteiger partial charge < -0.3 is 9.15 Å². The maximum Gasteiger partial charge on any atom is 0.273 e. The Labute approximate surface area is 191 Å². The number of furan rings is 1. The van der Waals surface area contributed by atoms with Crippen molar-refractivity contribution >= 4 is 11.8 Å². The molecule has 33 heavy (non-hydrogen) atoms. The van der Waals surface area contributed by atoms with E-state index in [1.807, 2.05) is 54.6 Å². The Morgan fingerprint density at radius 1 is 0.970 bits per heavy atom. The van der Waals surface area contributed by atoms with Gasteiger partial charge >= 0.3 is 0 Å². The number of carbonyl (C=O) groups is 2. The second kappa shape index (κ2) is 9.44. The van der Waals surface area contributed by atoms with E-state index in [1.165, 1.54) is 0 Å². The van der Waals surface area contributed by atoms with E-state index >= 15 is 0 Å². The summed E-state index contributed by atoms with van der Waals surface area (Å²) in [4.78, 5) is 25.5. The Morgan fingerprint density at radius 3 is 2.36 bits per heavy atom. The minimum Gasteiger partial charge on any atom is -0.497 e. The van der Waals surface area contributed by atoms with Crippen molar-refractivity contribution in [3.05, 3.63) is 95.1 Å². The molecule has 4 rings (SSSR count). The molecule has 0 saturated carbocycles. The molecule has 0 atom stereocenters. The molecule has 2 N–H and O–H groups in total. The molecule has 0 unspecified atom stereocenters. The highest BCUT2D eigenvalue weighted by Gasteiger charge is 2.20. The summed E-state index contributed by atoms with van der Waals surface area (Å²) in [6, 6.07) is 18.7. The third kappa shape index (κ3) is 4.95. The van der Waals surface area contributed by atoms with Crippen LogP contribution >= 0.6 is 0 Å². The summed E-state index contributed by atoms with van der Waals surface area (Å²) in [5.41, 5.74) is 7.86. The van der Waals surface area contributed by atoms with Crippen molar-refractivity contribution in [2.24, 2.45) is 0 Å². The van der Waals surface area contributed by atoms with Gasteiger partial charge in [0.25, 0.3) is 11.8 Å². The van der Waals surface area contributed by atoms with E-state index in [0.29, 0.717) is 40.6 Å². The highest BCUT2D eigenvalue weighted by Crippen LogP contribution is 2.26. The summed E-state index contributed by atoms with van der Waals surface area (Å²) in [7, 11) is 1.58. The first kappa shape index (κ1) is 21.9. The number of nitrogens with zero attached hydrogens (tertiary/aromatic N) is 2. The van der Waals surface area contributed by atoms with Crippen LogP contribution in [0.5, 0.6) is 5.75 Å². The minimum absolute atomic E-state index is 0.319. The molecule has 8 heteroatoms. The Balaban J connectivity index is 1.61. The fourth-order valence-corrected chi connectivity index (χ4v) is 3.53. The van der Waals surface area contributed by atoms with Crippen molar-refractivity contribution in [2.45, 2.75) is 20.4 Å². The van der Waals surface area contributed by atoms with Crippen molar-refractivity contribution in [1.82, 2.24) is 20.6 Å². The number of ether oxygens (including phenoxy) is 1. The zero-order valence-electron chi connectivity index (χ0n) is 18.6. The van der Waals surface area contributed by atoms with Crippen LogP contribution in [-0.4, -0.2) is 28.7 Å². The van der Waals surface area contributed by atoms with Gasteiger partial charge in [-0.15, -0.1) is 0 Å². The van der Waals surface area contributed by atoms with Gasteiger partial charge in [-0.25, -0.2) is 0 Å². The van der Waals surface area contributed by atoms with Crippen LogP contribution in [0, 0.1) is 13.8 Å². The number of amides is 2. The van der Waals surface area contributed by atoms with Crippen LogP contribution in [0.4, 0.5) is 0 Å². The molecular formula is C25H24N4O4. The second-order valence-electron chi connectivity index (χ2n) is 7.54. The van der Waals surface area contributed by atoms with Gasteiger partial charge in [0.2, 0.25) is 0 Å². The zero-order valence-corrected chi connectivity index (χ0v) is 18.6. The van der Waals surface area contributed by atoms with Crippen molar-refractivity contribution < 1.29 is 18.7 Å². The molecule has 2 aromatic carbocycles. The summed E-state index contributed by atoms with van der Waals surface area (Å²) in [6.45, 7) is 3.94. The lowest BCUT2D eigenvalue weighted by atomic mass is 10.1. The average molecular weight is 444 g/mol. The van der Waals surface area contributed by atoms with Gasteiger partial charge in [0.1, 0.15) is 23.0 Å². The largest absolute Gasteiger partial charge is 0.497 e. The lowest BCUT2D eigenvalue weighted by molar-refractivity contribution is 0.0846. The van der Waals surface area contributed by atoms with Crippen LogP contribution in [0.15, 0.2) is 71.3 Å². The van der Waals surface area contributed by atoms with Crippen LogP contribution in [-0.2, 0) is 6.54 Å². The highest BCUT2D eigenvalue weighted by molar-refractivity contribution is 6.02. The third-order valence-electron chi connectivity index (χ3n) is 5.11. The number of benzene rings is 2. The van der Waals surface area contributed by atoms with Crippen LogP contribution < -0.4 is 15.6 Å². The van der Waals surface area contributed by atoms with Gasteiger partial charge in [0, 0.05) is 11.8 Å². The average Bonchev–Trinajstić information content (AvgIpc) is 3.40. The molecule has 2 heterocycles. The molecule has 0 fully saturated rings. The fraction of sp³-hybridized carbons (Fsp3) is 0.160. The number of hydrogen-bond donors (Lipinski definition) is 2. The SMILES string of the molecule is COc1cccc(-c2nn(Cc3ccccc3)cc2C(=O)NNC(=O)c2cc(C)oc2C)c1. The summed E-state index contributed by atoms with van der Waals surface area (Å²) in [6.07, 6.45) is 1.66. The zero-order chi connectivity index (χ0) is 23.4. The monoisotopic (exact) mass is 444 g/mol. The normalized spacial score (nSPS) is 10.6. The van der Waals surface area contributed by atoms with E-state index in [2.05, 4.69) is 16.0 Å². The van der Waals surface area contributed by atoms with Crippen molar-refractivity contribution in [2.75, 3.05) is 7.11 Å². The van der Waals surface area contributed by atoms with E-state index in [-0.39, 0.29) is 0 Å². The minimum atomic E-state index is -0.488.